The third-order valence-corrected chi connectivity index (χ3v) is 4.37. The molecule has 1 aliphatic heterocycles. The van der Waals surface area contributed by atoms with Crippen molar-refractivity contribution in [3.8, 4) is 0 Å². The minimum Gasteiger partial charge on any atom is -0.314 e. The van der Waals surface area contributed by atoms with Gasteiger partial charge < -0.3 is 5.32 Å². The number of nitrogens with one attached hydrogen (secondary N) is 1. The highest BCUT2D eigenvalue weighted by Crippen LogP contribution is 2.45. The van der Waals surface area contributed by atoms with E-state index in [4.69, 9.17) is 0 Å². The SMILES string of the molecule is Cc1ccc(C)c([C@@H](C2CC2)N2CCNCC2)c1.Cl.Cl. The van der Waals surface area contributed by atoms with Gasteiger partial charge in [-0.1, -0.05) is 23.8 Å². The second-order valence-corrected chi connectivity index (χ2v) is 5.93. The molecular weight excluding hydrogens is 291 g/mol. The Morgan fingerprint density at radius 1 is 1.10 bits per heavy atom. The Kier molecular flexibility index (Phi) is 6.80. The van der Waals surface area contributed by atoms with Gasteiger partial charge in [0.15, 0.2) is 0 Å². The third kappa shape index (κ3) is 3.88. The van der Waals surface area contributed by atoms with Gasteiger partial charge >= 0.3 is 0 Å². The molecule has 4 heteroatoms. The lowest BCUT2D eigenvalue weighted by Gasteiger charge is -2.36. The van der Waals surface area contributed by atoms with Crippen molar-refractivity contribution in [3.63, 3.8) is 0 Å². The van der Waals surface area contributed by atoms with Gasteiger partial charge in [-0.25, -0.2) is 0 Å². The van der Waals surface area contributed by atoms with Crippen LogP contribution in [0.1, 0.15) is 35.6 Å². The molecule has 114 valence electrons. The summed E-state index contributed by atoms with van der Waals surface area (Å²) in [5.74, 6) is 0.906. The van der Waals surface area contributed by atoms with Crippen molar-refractivity contribution in [1.29, 1.82) is 0 Å². The Morgan fingerprint density at radius 2 is 1.75 bits per heavy atom. The molecule has 20 heavy (non-hydrogen) atoms. The summed E-state index contributed by atoms with van der Waals surface area (Å²) < 4.78 is 0. The summed E-state index contributed by atoms with van der Waals surface area (Å²) in [5.41, 5.74) is 4.45. The van der Waals surface area contributed by atoms with E-state index in [0.717, 1.165) is 19.0 Å². The number of hydrogen-bond acceptors (Lipinski definition) is 2. The van der Waals surface area contributed by atoms with Crippen LogP contribution in [0.5, 0.6) is 0 Å². The molecule has 0 aromatic heterocycles. The van der Waals surface area contributed by atoms with Crippen LogP contribution in [0.15, 0.2) is 18.2 Å². The summed E-state index contributed by atoms with van der Waals surface area (Å²) in [5, 5.41) is 3.46. The number of hydrogen-bond donors (Lipinski definition) is 1. The summed E-state index contributed by atoms with van der Waals surface area (Å²) in [7, 11) is 0. The Morgan fingerprint density at radius 3 is 2.35 bits per heavy atom. The van der Waals surface area contributed by atoms with E-state index in [1.807, 2.05) is 0 Å². The second kappa shape index (κ2) is 7.65. The predicted molar refractivity (Wildman–Crippen MR) is 90.3 cm³/mol. The van der Waals surface area contributed by atoms with Crippen molar-refractivity contribution in [1.82, 2.24) is 10.2 Å². The van der Waals surface area contributed by atoms with Gasteiger partial charge in [0.05, 0.1) is 0 Å². The molecular formula is C16H26Cl2N2. The maximum absolute atomic E-state index is 3.46. The summed E-state index contributed by atoms with van der Waals surface area (Å²) in [6, 6.07) is 7.62. The van der Waals surface area contributed by atoms with Crippen molar-refractivity contribution in [2.24, 2.45) is 5.92 Å². The molecule has 0 bridgehead atoms. The molecule has 1 heterocycles. The van der Waals surface area contributed by atoms with Gasteiger partial charge in [-0.3, -0.25) is 4.90 Å². The average molecular weight is 317 g/mol. The smallest absolute Gasteiger partial charge is 0.0380 e. The first-order valence-corrected chi connectivity index (χ1v) is 7.27. The molecule has 2 fully saturated rings. The highest BCUT2D eigenvalue weighted by atomic mass is 35.5. The Labute approximate surface area is 135 Å². The molecule has 3 rings (SSSR count). The summed E-state index contributed by atoms with van der Waals surface area (Å²) >= 11 is 0. The highest BCUT2D eigenvalue weighted by molar-refractivity contribution is 5.85. The first-order valence-electron chi connectivity index (χ1n) is 7.27. The molecule has 1 atom stereocenters. The van der Waals surface area contributed by atoms with Crippen LogP contribution in [0.3, 0.4) is 0 Å². The largest absolute Gasteiger partial charge is 0.314 e. The van der Waals surface area contributed by atoms with E-state index in [-0.39, 0.29) is 24.8 Å². The zero-order chi connectivity index (χ0) is 12.5. The fourth-order valence-electron chi connectivity index (χ4n) is 3.20. The maximum atomic E-state index is 3.46. The minimum absolute atomic E-state index is 0. The number of aryl methyl sites for hydroxylation is 2. The summed E-state index contributed by atoms with van der Waals surface area (Å²) in [4.78, 5) is 2.70. The van der Waals surface area contributed by atoms with Crippen LogP contribution in [0, 0.1) is 19.8 Å². The molecule has 0 unspecified atom stereocenters. The first kappa shape index (κ1) is 17.8. The fraction of sp³-hybridized carbons (Fsp3) is 0.625. The molecule has 1 aliphatic carbocycles. The summed E-state index contributed by atoms with van der Waals surface area (Å²) in [6.07, 6.45) is 2.84. The van der Waals surface area contributed by atoms with E-state index < -0.39 is 0 Å². The van der Waals surface area contributed by atoms with Gasteiger partial charge in [0.1, 0.15) is 0 Å². The summed E-state index contributed by atoms with van der Waals surface area (Å²) in [6.45, 7) is 9.18. The van der Waals surface area contributed by atoms with E-state index in [2.05, 4.69) is 42.3 Å². The lowest BCUT2D eigenvalue weighted by atomic mass is 9.94. The van der Waals surface area contributed by atoms with Crippen LogP contribution in [-0.2, 0) is 0 Å². The third-order valence-electron chi connectivity index (χ3n) is 4.37. The van der Waals surface area contributed by atoms with Gasteiger partial charge in [-0.15, -0.1) is 24.8 Å². The van der Waals surface area contributed by atoms with Crippen LogP contribution in [0.25, 0.3) is 0 Å². The van der Waals surface area contributed by atoms with Crippen molar-refractivity contribution in [3.05, 3.63) is 34.9 Å². The van der Waals surface area contributed by atoms with Crippen molar-refractivity contribution < 1.29 is 0 Å². The monoisotopic (exact) mass is 316 g/mol. The maximum Gasteiger partial charge on any atom is 0.0380 e. The zero-order valence-corrected chi connectivity index (χ0v) is 14.0. The van der Waals surface area contributed by atoms with Crippen LogP contribution < -0.4 is 5.32 Å². The molecule has 1 saturated heterocycles. The van der Waals surface area contributed by atoms with Crippen LogP contribution in [-0.4, -0.2) is 31.1 Å². The first-order chi connectivity index (χ1) is 8.75. The second-order valence-electron chi connectivity index (χ2n) is 5.93. The lowest BCUT2D eigenvalue weighted by molar-refractivity contribution is 0.155. The molecule has 1 saturated carbocycles. The number of halogens is 2. The van der Waals surface area contributed by atoms with Crippen LogP contribution in [0.4, 0.5) is 0 Å². The predicted octanol–water partition coefficient (Wildman–Crippen LogP) is 3.50. The number of nitrogens with zero attached hydrogens (tertiary/aromatic N) is 1. The fourth-order valence-corrected chi connectivity index (χ4v) is 3.20. The molecule has 0 radical (unpaired) electrons. The molecule has 2 nitrogen and oxygen atoms in total. The Hall–Kier alpha value is -0.280. The number of benzene rings is 1. The van der Waals surface area contributed by atoms with Gasteiger partial charge in [0.25, 0.3) is 0 Å². The topological polar surface area (TPSA) is 15.3 Å². The molecule has 1 aromatic carbocycles. The van der Waals surface area contributed by atoms with Gasteiger partial charge in [-0.05, 0) is 43.7 Å². The van der Waals surface area contributed by atoms with Crippen molar-refractivity contribution in [2.75, 3.05) is 26.2 Å². The van der Waals surface area contributed by atoms with E-state index >= 15 is 0 Å². The quantitative estimate of drug-likeness (QED) is 0.918. The van der Waals surface area contributed by atoms with Crippen LogP contribution >= 0.6 is 24.8 Å². The van der Waals surface area contributed by atoms with E-state index in [0.29, 0.717) is 6.04 Å². The average Bonchev–Trinajstić information content (AvgIpc) is 3.20. The lowest BCUT2D eigenvalue weighted by Crippen LogP contribution is -2.45. The molecule has 1 aromatic rings. The Bertz CT molecular complexity index is 426. The van der Waals surface area contributed by atoms with Crippen molar-refractivity contribution >= 4 is 24.8 Å². The Balaban J connectivity index is 0.000001000. The zero-order valence-electron chi connectivity index (χ0n) is 12.4. The molecule has 0 spiro atoms. The van der Waals surface area contributed by atoms with E-state index in [1.165, 1.54) is 37.1 Å². The normalized spacial score (nSPS) is 20.7. The molecule has 2 aliphatic rings. The van der Waals surface area contributed by atoms with Gasteiger partial charge in [-0.2, -0.15) is 0 Å². The highest BCUT2D eigenvalue weighted by Gasteiger charge is 2.37. The van der Waals surface area contributed by atoms with Gasteiger partial charge in [0.2, 0.25) is 0 Å². The van der Waals surface area contributed by atoms with E-state index in [9.17, 15) is 0 Å². The molecule has 1 N–H and O–H groups in total. The van der Waals surface area contributed by atoms with Crippen molar-refractivity contribution in [2.45, 2.75) is 32.7 Å². The number of piperazine rings is 1. The van der Waals surface area contributed by atoms with Gasteiger partial charge in [0, 0.05) is 32.2 Å². The minimum atomic E-state index is 0. The van der Waals surface area contributed by atoms with E-state index in [1.54, 1.807) is 5.56 Å². The standard InChI is InChI=1S/C16H24N2.2ClH/c1-12-3-4-13(2)15(11-12)16(14-5-6-14)18-9-7-17-8-10-18;;/h3-4,11,14,16-17H,5-10H2,1-2H3;2*1H/t16-;;/m1../s1. The molecule has 0 amide bonds. The number of rotatable bonds is 3. The van der Waals surface area contributed by atoms with Crippen LogP contribution in [0.2, 0.25) is 0 Å².